The molecule has 1 aromatic carbocycles. The molecule has 1 aliphatic rings. The minimum absolute atomic E-state index is 0.00937. The van der Waals surface area contributed by atoms with E-state index in [2.05, 4.69) is 58.3 Å². The molecule has 0 amide bonds. The number of carbonyl (C=O) groups is 1. The van der Waals surface area contributed by atoms with Gasteiger partial charge in [-0.15, -0.1) is 0 Å². The minimum atomic E-state index is -4.38. The number of alkyl halides is 3. The standard InChI is InChI=1S/C27H38F3NO2/c1-25(2,3)14-11-22(12-15-26(4,5)6)31-16-13-19(18-24(32)33)17-23(31)20-7-9-21(10-8-20)27(28,29)30/h7-10,19,22-23H,11,13-14,16-18H2,1-6H3,(H,32,33)/t19-,22+,23+/m1/s1. The number of likely N-dealkylation sites (tertiary alicyclic amines) is 1. The highest BCUT2D eigenvalue weighted by Gasteiger charge is 2.36. The van der Waals surface area contributed by atoms with E-state index >= 15 is 0 Å². The Morgan fingerprint density at radius 2 is 1.73 bits per heavy atom. The predicted octanol–water partition coefficient (Wildman–Crippen LogP) is 7.18. The Kier molecular flexibility index (Phi) is 8.68. The number of rotatable bonds is 6. The van der Waals surface area contributed by atoms with Crippen molar-refractivity contribution < 1.29 is 23.1 Å². The van der Waals surface area contributed by atoms with Crippen LogP contribution in [0.15, 0.2) is 24.3 Å². The van der Waals surface area contributed by atoms with Crippen molar-refractivity contribution in [3.8, 4) is 11.8 Å². The van der Waals surface area contributed by atoms with Crippen LogP contribution < -0.4 is 0 Å². The van der Waals surface area contributed by atoms with Crippen molar-refractivity contribution in [1.29, 1.82) is 0 Å². The van der Waals surface area contributed by atoms with E-state index in [0.717, 1.165) is 37.0 Å². The first-order chi connectivity index (χ1) is 15.0. The summed E-state index contributed by atoms with van der Waals surface area (Å²) in [6, 6.07) is 5.13. The van der Waals surface area contributed by atoms with Crippen LogP contribution in [0.5, 0.6) is 0 Å². The molecule has 0 saturated carbocycles. The van der Waals surface area contributed by atoms with Gasteiger partial charge in [-0.05, 0) is 75.5 Å². The summed E-state index contributed by atoms with van der Waals surface area (Å²) in [6.45, 7) is 13.4. The van der Waals surface area contributed by atoms with E-state index in [0.29, 0.717) is 13.0 Å². The number of aliphatic carboxylic acids is 1. The molecule has 2 rings (SSSR count). The number of hydrogen-bond acceptors (Lipinski definition) is 2. The highest BCUT2D eigenvalue weighted by molar-refractivity contribution is 5.67. The Bertz CT molecular complexity index is 851. The van der Waals surface area contributed by atoms with Crippen molar-refractivity contribution in [2.75, 3.05) is 6.54 Å². The van der Waals surface area contributed by atoms with E-state index < -0.39 is 17.7 Å². The second kappa shape index (κ2) is 10.5. The monoisotopic (exact) mass is 465 g/mol. The second-order valence-electron chi connectivity index (χ2n) is 11.5. The first kappa shape index (κ1) is 27.2. The van der Waals surface area contributed by atoms with Gasteiger partial charge in [0.15, 0.2) is 0 Å². The van der Waals surface area contributed by atoms with E-state index in [1.807, 2.05) is 0 Å². The highest BCUT2D eigenvalue weighted by atomic mass is 19.4. The molecule has 1 aliphatic heterocycles. The molecule has 33 heavy (non-hydrogen) atoms. The first-order valence-corrected chi connectivity index (χ1v) is 11.7. The van der Waals surface area contributed by atoms with Gasteiger partial charge in [0.2, 0.25) is 0 Å². The van der Waals surface area contributed by atoms with Crippen molar-refractivity contribution >= 4 is 5.97 Å². The largest absolute Gasteiger partial charge is 0.481 e. The van der Waals surface area contributed by atoms with Crippen molar-refractivity contribution in [3.05, 3.63) is 35.4 Å². The molecule has 3 nitrogen and oxygen atoms in total. The van der Waals surface area contributed by atoms with Crippen LogP contribution in [0.4, 0.5) is 13.2 Å². The van der Waals surface area contributed by atoms with E-state index in [9.17, 15) is 23.1 Å². The van der Waals surface area contributed by atoms with E-state index in [1.165, 1.54) is 0 Å². The lowest BCUT2D eigenvalue weighted by Crippen LogP contribution is -2.44. The molecular weight excluding hydrogens is 427 g/mol. The Morgan fingerprint density at radius 3 is 2.21 bits per heavy atom. The lowest BCUT2D eigenvalue weighted by molar-refractivity contribution is -0.139. The molecule has 1 fully saturated rings. The number of carboxylic acid groups (broad SMARTS) is 1. The van der Waals surface area contributed by atoms with Crippen LogP contribution in [-0.4, -0.2) is 28.6 Å². The molecule has 184 valence electrons. The molecule has 1 aromatic rings. The number of hydrogen-bond donors (Lipinski definition) is 1. The quantitative estimate of drug-likeness (QED) is 0.453. The van der Waals surface area contributed by atoms with Crippen molar-refractivity contribution in [3.63, 3.8) is 0 Å². The van der Waals surface area contributed by atoms with Gasteiger partial charge in [-0.3, -0.25) is 9.69 Å². The fourth-order valence-corrected chi connectivity index (χ4v) is 4.27. The maximum absolute atomic E-state index is 13.1. The Hall–Kier alpha value is -2.00. The topological polar surface area (TPSA) is 40.5 Å². The van der Waals surface area contributed by atoms with Crippen LogP contribution in [0, 0.1) is 28.6 Å². The third-order valence-corrected chi connectivity index (χ3v) is 6.02. The average molecular weight is 466 g/mol. The van der Waals surface area contributed by atoms with Gasteiger partial charge < -0.3 is 5.11 Å². The van der Waals surface area contributed by atoms with Gasteiger partial charge in [0.05, 0.1) is 11.6 Å². The third kappa shape index (κ3) is 9.04. The fraction of sp³-hybridized carbons (Fsp3) is 0.667. The zero-order chi connectivity index (χ0) is 25.0. The smallest absolute Gasteiger partial charge is 0.416 e. The number of halogens is 3. The molecule has 0 aromatic heterocycles. The Morgan fingerprint density at radius 1 is 1.12 bits per heavy atom. The molecule has 1 heterocycles. The van der Waals surface area contributed by atoms with Gasteiger partial charge in [-0.2, -0.15) is 13.2 Å². The van der Waals surface area contributed by atoms with E-state index in [1.54, 1.807) is 12.1 Å². The molecule has 0 aliphatic carbocycles. The number of carboxylic acids is 1. The summed E-state index contributed by atoms with van der Waals surface area (Å²) in [4.78, 5) is 13.6. The number of benzene rings is 1. The molecule has 0 spiro atoms. The minimum Gasteiger partial charge on any atom is -0.481 e. The fourth-order valence-electron chi connectivity index (χ4n) is 4.27. The highest BCUT2D eigenvalue weighted by Crippen LogP contribution is 2.39. The molecule has 0 unspecified atom stereocenters. The normalized spacial score (nSPS) is 21.2. The van der Waals surface area contributed by atoms with Crippen LogP contribution >= 0.6 is 0 Å². The van der Waals surface area contributed by atoms with Gasteiger partial charge >= 0.3 is 12.1 Å². The van der Waals surface area contributed by atoms with Crippen LogP contribution in [-0.2, 0) is 11.0 Å². The van der Waals surface area contributed by atoms with Crippen LogP contribution in [0.25, 0.3) is 0 Å². The maximum atomic E-state index is 13.1. The Balaban J connectivity index is 2.42. The first-order valence-electron chi connectivity index (χ1n) is 11.7. The number of nitrogens with zero attached hydrogens (tertiary/aromatic N) is 1. The lowest BCUT2D eigenvalue weighted by atomic mass is 9.82. The molecule has 3 atom stereocenters. The van der Waals surface area contributed by atoms with E-state index in [4.69, 9.17) is 0 Å². The SMILES string of the molecule is CC(C)(C)C#C[C@H](CCC(C)(C)C)N1CC[C@@H](CC(=O)O)C[C@H]1c1ccc(C(F)(F)F)cc1. The Labute approximate surface area is 196 Å². The van der Waals surface area contributed by atoms with Crippen molar-refractivity contribution in [2.45, 2.75) is 91.9 Å². The van der Waals surface area contributed by atoms with Crippen LogP contribution in [0.1, 0.15) is 90.8 Å². The second-order valence-corrected chi connectivity index (χ2v) is 11.5. The molecule has 6 heteroatoms. The molecular formula is C27H38F3NO2. The molecule has 0 bridgehead atoms. The van der Waals surface area contributed by atoms with Crippen LogP contribution in [0.2, 0.25) is 0 Å². The summed E-state index contributed by atoms with van der Waals surface area (Å²) < 4.78 is 39.3. The van der Waals surface area contributed by atoms with Crippen molar-refractivity contribution in [2.24, 2.45) is 16.7 Å². The van der Waals surface area contributed by atoms with Gasteiger partial charge in [-0.25, -0.2) is 0 Å². The predicted molar refractivity (Wildman–Crippen MR) is 126 cm³/mol. The van der Waals surface area contributed by atoms with Crippen molar-refractivity contribution in [1.82, 2.24) is 4.90 Å². The summed E-state index contributed by atoms with van der Waals surface area (Å²) in [6.07, 6.45) is -1.15. The summed E-state index contributed by atoms with van der Waals surface area (Å²) in [5, 5.41) is 9.31. The van der Waals surface area contributed by atoms with Gasteiger partial charge in [0, 0.05) is 24.4 Å². The van der Waals surface area contributed by atoms with Gasteiger partial charge in [0.1, 0.15) is 0 Å². The maximum Gasteiger partial charge on any atom is 0.416 e. The summed E-state index contributed by atoms with van der Waals surface area (Å²) >= 11 is 0. The van der Waals surface area contributed by atoms with E-state index in [-0.39, 0.29) is 35.3 Å². The third-order valence-electron chi connectivity index (χ3n) is 6.02. The van der Waals surface area contributed by atoms with Gasteiger partial charge in [-0.1, -0.05) is 44.7 Å². The summed E-state index contributed by atoms with van der Waals surface area (Å²) in [5.74, 6) is 5.99. The lowest BCUT2D eigenvalue weighted by Gasteiger charge is -2.43. The number of piperidine rings is 1. The average Bonchev–Trinajstić information content (AvgIpc) is 2.66. The van der Waals surface area contributed by atoms with Crippen LogP contribution in [0.3, 0.4) is 0 Å². The van der Waals surface area contributed by atoms with Gasteiger partial charge in [0.25, 0.3) is 0 Å². The zero-order valence-corrected chi connectivity index (χ0v) is 20.7. The molecule has 1 saturated heterocycles. The summed E-state index contributed by atoms with van der Waals surface area (Å²) in [5.41, 5.74) is 0.0856. The molecule has 1 N–H and O–H groups in total. The summed E-state index contributed by atoms with van der Waals surface area (Å²) in [7, 11) is 0. The molecule has 0 radical (unpaired) electrons. The zero-order valence-electron chi connectivity index (χ0n) is 20.7.